The molecule has 1 amide bonds. The molecule has 9 nitrogen and oxygen atoms in total. The topological polar surface area (TPSA) is 121 Å². The summed E-state index contributed by atoms with van der Waals surface area (Å²) in [5, 5.41) is 23.4. The third kappa shape index (κ3) is 9.53. The molecule has 2 aliphatic rings. The molecule has 308 valence electrons. The number of benzene rings is 6. The first-order chi connectivity index (χ1) is 29.6. The number of carboxylic acid groups (broad SMARTS) is 1. The standard InChI is InChI=1S/C50H43Cl2N3O6/c1-2-44(36-6-4-3-5-7-36)55-28-39-26-47-46(60-30-48(61-47)37-17-19-40(20-18-37)59-29-33-12-21-41(51)42(52)22-33)25-38(39)24-45(55)49(56)54-43(50(57)58)23-31-8-13-34(14-9-31)35-15-10-32(27-53)11-16-35/h3-22,25-26,43-45,48H,2,23-24,28-30H2,1H3,(H,54,56)(H,57,58)/t43-,44+,45-,48+/m0/s1. The summed E-state index contributed by atoms with van der Waals surface area (Å²) < 4.78 is 18.9. The first kappa shape index (κ1) is 41.4. The van der Waals surface area contributed by atoms with Crippen LogP contribution in [0.3, 0.4) is 0 Å². The Kier molecular flexibility index (Phi) is 12.6. The van der Waals surface area contributed by atoms with E-state index < -0.39 is 18.1 Å². The van der Waals surface area contributed by atoms with Crippen molar-refractivity contribution in [1.29, 1.82) is 5.26 Å². The minimum absolute atomic E-state index is 0.110. The Morgan fingerprint density at radius 2 is 1.54 bits per heavy atom. The van der Waals surface area contributed by atoms with Crippen LogP contribution in [-0.4, -0.2) is 40.6 Å². The predicted molar refractivity (Wildman–Crippen MR) is 235 cm³/mol. The van der Waals surface area contributed by atoms with Gasteiger partial charge in [-0.2, -0.15) is 5.26 Å². The van der Waals surface area contributed by atoms with Crippen molar-refractivity contribution in [1.82, 2.24) is 10.2 Å². The second-order valence-electron chi connectivity index (χ2n) is 15.3. The van der Waals surface area contributed by atoms with Crippen molar-refractivity contribution in [3.05, 3.63) is 182 Å². The van der Waals surface area contributed by atoms with Gasteiger partial charge >= 0.3 is 5.97 Å². The molecule has 11 heteroatoms. The molecule has 8 rings (SSSR count). The van der Waals surface area contributed by atoms with E-state index in [1.807, 2.05) is 97.1 Å². The van der Waals surface area contributed by atoms with Gasteiger partial charge in [0, 0.05) is 19.0 Å². The number of halogens is 2. The van der Waals surface area contributed by atoms with E-state index in [9.17, 15) is 14.7 Å². The van der Waals surface area contributed by atoms with E-state index in [1.165, 1.54) is 0 Å². The van der Waals surface area contributed by atoms with Gasteiger partial charge in [0.05, 0.1) is 27.7 Å². The zero-order valence-electron chi connectivity index (χ0n) is 33.4. The summed E-state index contributed by atoms with van der Waals surface area (Å²) in [5.74, 6) is 0.477. The van der Waals surface area contributed by atoms with Gasteiger partial charge in [-0.1, -0.05) is 115 Å². The van der Waals surface area contributed by atoms with E-state index in [-0.39, 0.29) is 24.5 Å². The lowest BCUT2D eigenvalue weighted by molar-refractivity contribution is -0.143. The number of amides is 1. The second kappa shape index (κ2) is 18.5. The van der Waals surface area contributed by atoms with E-state index in [1.54, 1.807) is 24.3 Å². The van der Waals surface area contributed by atoms with E-state index in [2.05, 4.69) is 35.3 Å². The molecule has 61 heavy (non-hydrogen) atoms. The summed E-state index contributed by atoms with van der Waals surface area (Å²) in [6.07, 6.45) is 0.861. The minimum atomic E-state index is -1.14. The molecule has 2 N–H and O–H groups in total. The summed E-state index contributed by atoms with van der Waals surface area (Å²) in [6.45, 7) is 3.19. The maximum absolute atomic E-state index is 14.4. The summed E-state index contributed by atoms with van der Waals surface area (Å²) in [4.78, 5) is 29.3. The van der Waals surface area contributed by atoms with Crippen LogP contribution in [0.5, 0.6) is 17.2 Å². The van der Waals surface area contributed by atoms with Crippen molar-refractivity contribution >= 4 is 35.1 Å². The Labute approximate surface area is 365 Å². The highest BCUT2D eigenvalue weighted by atomic mass is 35.5. The van der Waals surface area contributed by atoms with Crippen LogP contribution in [0.15, 0.2) is 133 Å². The van der Waals surface area contributed by atoms with Crippen LogP contribution >= 0.6 is 23.2 Å². The third-order valence-corrected chi connectivity index (χ3v) is 12.1. The van der Waals surface area contributed by atoms with Crippen LogP contribution in [0.25, 0.3) is 11.1 Å². The normalized spacial score (nSPS) is 16.7. The van der Waals surface area contributed by atoms with E-state index >= 15 is 0 Å². The van der Waals surface area contributed by atoms with Crippen molar-refractivity contribution in [2.45, 2.75) is 63.6 Å². The number of ether oxygens (including phenoxy) is 3. The quantitative estimate of drug-likeness (QED) is 0.118. The number of rotatable bonds is 13. The monoisotopic (exact) mass is 851 g/mol. The number of hydrogen-bond acceptors (Lipinski definition) is 7. The van der Waals surface area contributed by atoms with Crippen LogP contribution in [-0.2, 0) is 35.6 Å². The van der Waals surface area contributed by atoms with Gasteiger partial charge in [0.25, 0.3) is 0 Å². The largest absolute Gasteiger partial charge is 0.489 e. The Bertz CT molecular complexity index is 2560. The van der Waals surface area contributed by atoms with Gasteiger partial charge < -0.3 is 24.6 Å². The van der Waals surface area contributed by atoms with Crippen LogP contribution in [0.4, 0.5) is 0 Å². The van der Waals surface area contributed by atoms with Crippen molar-refractivity contribution in [2.75, 3.05) is 6.61 Å². The summed E-state index contributed by atoms with van der Waals surface area (Å²) in [5.41, 5.74) is 8.13. The van der Waals surface area contributed by atoms with Crippen LogP contribution in [0, 0.1) is 11.3 Å². The van der Waals surface area contributed by atoms with Gasteiger partial charge in [-0.05, 0) is 106 Å². The average Bonchev–Trinajstić information content (AvgIpc) is 3.29. The number of carbonyl (C=O) groups excluding carboxylic acids is 1. The number of nitrogens with one attached hydrogen (secondary N) is 1. The SMILES string of the molecule is CC[C@H](c1ccccc1)N1Cc2cc3c(cc2C[C@H]1C(=O)N[C@@H](Cc1ccc(-c2ccc(C#N)cc2)cc1)C(=O)O)OC[C@H](c1ccc(OCc2ccc(Cl)c(Cl)c2)cc1)O3. The molecule has 0 bridgehead atoms. The molecule has 0 fully saturated rings. The number of fused-ring (bicyclic) bond motifs is 2. The lowest BCUT2D eigenvalue weighted by Crippen LogP contribution is -2.55. The predicted octanol–water partition coefficient (Wildman–Crippen LogP) is 10.3. The van der Waals surface area contributed by atoms with Gasteiger partial charge in [0.2, 0.25) is 5.91 Å². The molecule has 2 aliphatic heterocycles. The van der Waals surface area contributed by atoms with Crippen LogP contribution in [0.1, 0.15) is 64.4 Å². The van der Waals surface area contributed by atoms with Crippen molar-refractivity contribution in [3.63, 3.8) is 0 Å². The molecular weight excluding hydrogens is 809 g/mol. The number of aliphatic carboxylic acids is 1. The van der Waals surface area contributed by atoms with E-state index in [0.717, 1.165) is 50.9 Å². The molecule has 0 radical (unpaired) electrons. The highest BCUT2D eigenvalue weighted by molar-refractivity contribution is 6.42. The van der Waals surface area contributed by atoms with Crippen molar-refractivity contribution in [3.8, 4) is 34.4 Å². The Hall–Kier alpha value is -6.31. The minimum Gasteiger partial charge on any atom is -0.489 e. The molecule has 4 atom stereocenters. The van der Waals surface area contributed by atoms with Gasteiger partial charge in [-0.15, -0.1) is 0 Å². The number of nitrogens with zero attached hydrogens (tertiary/aromatic N) is 2. The molecule has 6 aromatic rings. The fourth-order valence-corrected chi connectivity index (χ4v) is 8.41. The van der Waals surface area contributed by atoms with Crippen LogP contribution < -0.4 is 19.5 Å². The Balaban J connectivity index is 0.987. The smallest absolute Gasteiger partial charge is 0.326 e. The van der Waals surface area contributed by atoms with Gasteiger partial charge in [0.15, 0.2) is 17.6 Å². The molecule has 0 spiro atoms. The van der Waals surface area contributed by atoms with Crippen molar-refractivity contribution in [2.24, 2.45) is 0 Å². The first-order valence-electron chi connectivity index (χ1n) is 20.2. The molecule has 2 heterocycles. The summed E-state index contributed by atoms with van der Waals surface area (Å²) in [7, 11) is 0. The third-order valence-electron chi connectivity index (χ3n) is 11.4. The molecule has 0 saturated heterocycles. The van der Waals surface area contributed by atoms with Gasteiger partial charge in [0.1, 0.15) is 25.0 Å². The second-order valence-corrected chi connectivity index (χ2v) is 16.1. The average molecular weight is 853 g/mol. The zero-order chi connectivity index (χ0) is 42.5. The lowest BCUT2D eigenvalue weighted by Gasteiger charge is -2.42. The number of carbonyl (C=O) groups is 2. The Morgan fingerprint density at radius 3 is 2.21 bits per heavy atom. The molecule has 0 unspecified atom stereocenters. The summed E-state index contributed by atoms with van der Waals surface area (Å²) in [6, 6.07) is 42.3. The van der Waals surface area contributed by atoms with Crippen molar-refractivity contribution < 1.29 is 28.9 Å². The Morgan fingerprint density at radius 1 is 0.852 bits per heavy atom. The fourth-order valence-electron chi connectivity index (χ4n) is 8.09. The molecular formula is C50H43Cl2N3O6. The molecule has 6 aromatic carbocycles. The van der Waals surface area contributed by atoms with Crippen LogP contribution in [0.2, 0.25) is 10.0 Å². The maximum Gasteiger partial charge on any atom is 0.326 e. The number of hydrogen-bond donors (Lipinski definition) is 2. The molecule has 0 saturated carbocycles. The van der Waals surface area contributed by atoms with E-state index in [4.69, 9.17) is 42.7 Å². The molecule has 0 aromatic heterocycles. The highest BCUT2D eigenvalue weighted by Gasteiger charge is 2.39. The maximum atomic E-state index is 14.4. The van der Waals surface area contributed by atoms with Gasteiger partial charge in [-0.3, -0.25) is 9.69 Å². The lowest BCUT2D eigenvalue weighted by atomic mass is 9.89. The fraction of sp³-hybridized carbons (Fsp3) is 0.220. The first-order valence-corrected chi connectivity index (χ1v) is 21.0. The molecule has 0 aliphatic carbocycles. The van der Waals surface area contributed by atoms with E-state index in [0.29, 0.717) is 59.0 Å². The van der Waals surface area contributed by atoms with Gasteiger partial charge in [-0.25, -0.2) is 4.79 Å². The highest BCUT2D eigenvalue weighted by Crippen LogP contribution is 2.42. The zero-order valence-corrected chi connectivity index (χ0v) is 34.9. The number of carboxylic acids is 1. The number of nitriles is 1. The summed E-state index contributed by atoms with van der Waals surface area (Å²) >= 11 is 12.2.